The van der Waals surface area contributed by atoms with E-state index in [2.05, 4.69) is 21.2 Å². The number of carbonyl (C=O) groups is 2. The van der Waals surface area contributed by atoms with E-state index in [9.17, 15) is 9.59 Å². The van der Waals surface area contributed by atoms with Gasteiger partial charge in [-0.1, -0.05) is 48.8 Å². The van der Waals surface area contributed by atoms with Crippen LogP contribution in [0, 0.1) is 5.92 Å². The summed E-state index contributed by atoms with van der Waals surface area (Å²) in [6.07, 6.45) is 0.498. The van der Waals surface area contributed by atoms with Crippen LogP contribution in [-0.4, -0.2) is 43.0 Å². The van der Waals surface area contributed by atoms with Gasteiger partial charge in [0.15, 0.2) is 6.61 Å². The topological polar surface area (TPSA) is 67.9 Å². The highest BCUT2D eigenvalue weighted by molar-refractivity contribution is 9.10. The molecule has 0 aliphatic rings. The molecule has 2 amide bonds. The van der Waals surface area contributed by atoms with Gasteiger partial charge in [-0.3, -0.25) is 9.59 Å². The summed E-state index contributed by atoms with van der Waals surface area (Å²) >= 11 is 3.38. The molecule has 6 nitrogen and oxygen atoms in total. The van der Waals surface area contributed by atoms with E-state index >= 15 is 0 Å². The van der Waals surface area contributed by atoms with Crippen molar-refractivity contribution in [2.75, 3.05) is 20.3 Å². The predicted octanol–water partition coefficient (Wildman–Crippen LogP) is 4.42. The van der Waals surface area contributed by atoms with Crippen molar-refractivity contribution in [1.82, 2.24) is 10.2 Å². The zero-order valence-corrected chi connectivity index (χ0v) is 20.1. The summed E-state index contributed by atoms with van der Waals surface area (Å²) in [6, 6.07) is 14.2. The lowest BCUT2D eigenvalue weighted by Crippen LogP contribution is -2.50. The van der Waals surface area contributed by atoms with Gasteiger partial charge < -0.3 is 19.7 Å². The van der Waals surface area contributed by atoms with Crippen molar-refractivity contribution >= 4 is 27.7 Å². The van der Waals surface area contributed by atoms with Gasteiger partial charge in [-0.05, 0) is 54.3 Å². The summed E-state index contributed by atoms with van der Waals surface area (Å²) in [7, 11) is 1.60. The van der Waals surface area contributed by atoms with Gasteiger partial charge in [0.1, 0.15) is 17.5 Å². The van der Waals surface area contributed by atoms with Crippen LogP contribution in [0.5, 0.6) is 11.5 Å². The van der Waals surface area contributed by atoms with Gasteiger partial charge in [0.2, 0.25) is 5.91 Å². The lowest BCUT2D eigenvalue weighted by molar-refractivity contribution is -0.143. The second kappa shape index (κ2) is 12.3. The van der Waals surface area contributed by atoms with Gasteiger partial charge >= 0.3 is 0 Å². The monoisotopic (exact) mass is 490 g/mol. The minimum Gasteiger partial charge on any atom is -0.497 e. The molecule has 0 aliphatic heterocycles. The van der Waals surface area contributed by atoms with Gasteiger partial charge in [-0.25, -0.2) is 0 Å². The first-order valence-corrected chi connectivity index (χ1v) is 11.2. The number of rotatable bonds is 11. The number of halogens is 1. The summed E-state index contributed by atoms with van der Waals surface area (Å²) in [5.74, 6) is 1.21. The average molecular weight is 491 g/mol. The highest BCUT2D eigenvalue weighted by Crippen LogP contribution is 2.19. The fourth-order valence-corrected chi connectivity index (χ4v) is 3.33. The van der Waals surface area contributed by atoms with Gasteiger partial charge in [-0.2, -0.15) is 0 Å². The third-order valence-electron chi connectivity index (χ3n) is 4.73. The van der Waals surface area contributed by atoms with E-state index in [0.29, 0.717) is 30.4 Å². The Morgan fingerprint density at radius 2 is 1.81 bits per heavy atom. The highest BCUT2D eigenvalue weighted by Gasteiger charge is 2.29. The average Bonchev–Trinajstić information content (AvgIpc) is 2.77. The quantitative estimate of drug-likeness (QED) is 0.506. The van der Waals surface area contributed by atoms with E-state index < -0.39 is 6.04 Å². The maximum Gasteiger partial charge on any atom is 0.261 e. The standard InChI is InChI=1S/C24H31BrN2O4/c1-5-22(24(29)26-14-17(2)3)27(15-18-7-6-8-21(13-18)30-4)23(28)16-31-20-11-9-19(25)10-12-20/h6-13,17,22H,5,14-16H2,1-4H3,(H,26,29). The molecule has 0 fully saturated rings. The van der Waals surface area contributed by atoms with E-state index in [4.69, 9.17) is 9.47 Å². The molecule has 1 atom stereocenters. The minimum absolute atomic E-state index is 0.153. The molecule has 1 N–H and O–H groups in total. The summed E-state index contributed by atoms with van der Waals surface area (Å²) in [5, 5.41) is 2.95. The molecule has 0 aromatic heterocycles. The maximum atomic E-state index is 13.2. The minimum atomic E-state index is -0.592. The van der Waals surface area contributed by atoms with E-state index in [1.807, 2.05) is 57.2 Å². The number of carbonyl (C=O) groups excluding carboxylic acids is 2. The van der Waals surface area contributed by atoms with Crippen LogP contribution in [0.3, 0.4) is 0 Å². The van der Waals surface area contributed by atoms with Gasteiger partial charge in [0, 0.05) is 17.6 Å². The van der Waals surface area contributed by atoms with Crippen LogP contribution in [0.25, 0.3) is 0 Å². The van der Waals surface area contributed by atoms with Crippen LogP contribution in [0.2, 0.25) is 0 Å². The molecule has 2 aromatic rings. The molecular formula is C24H31BrN2O4. The Hall–Kier alpha value is -2.54. The van der Waals surface area contributed by atoms with E-state index in [1.165, 1.54) is 0 Å². The molecule has 7 heteroatoms. The van der Waals surface area contributed by atoms with E-state index in [1.54, 1.807) is 24.1 Å². The van der Waals surface area contributed by atoms with Crippen LogP contribution in [0.4, 0.5) is 0 Å². The Morgan fingerprint density at radius 1 is 1.10 bits per heavy atom. The van der Waals surface area contributed by atoms with Crippen molar-refractivity contribution in [3.05, 3.63) is 58.6 Å². The molecule has 0 heterocycles. The van der Waals surface area contributed by atoms with Crippen LogP contribution < -0.4 is 14.8 Å². The molecule has 2 rings (SSSR count). The van der Waals surface area contributed by atoms with Crippen LogP contribution in [0.15, 0.2) is 53.0 Å². The van der Waals surface area contributed by atoms with Gasteiger partial charge in [0.05, 0.1) is 7.11 Å². The molecule has 0 radical (unpaired) electrons. The van der Waals surface area contributed by atoms with Crippen molar-refractivity contribution in [2.45, 2.75) is 39.8 Å². The Labute approximate surface area is 193 Å². The number of nitrogens with zero attached hydrogens (tertiary/aromatic N) is 1. The molecule has 0 bridgehead atoms. The maximum absolute atomic E-state index is 13.2. The highest BCUT2D eigenvalue weighted by atomic mass is 79.9. The molecule has 0 saturated heterocycles. The number of ether oxygens (including phenoxy) is 2. The van der Waals surface area contributed by atoms with Crippen molar-refractivity contribution in [3.63, 3.8) is 0 Å². The second-order valence-electron chi connectivity index (χ2n) is 7.68. The summed E-state index contributed by atoms with van der Waals surface area (Å²) in [6.45, 7) is 6.67. The normalized spacial score (nSPS) is 11.7. The van der Waals surface area contributed by atoms with Gasteiger partial charge in [0.25, 0.3) is 5.91 Å². The zero-order valence-electron chi connectivity index (χ0n) is 18.6. The first kappa shape index (κ1) is 24.7. The molecule has 0 aliphatic carbocycles. The Bertz CT molecular complexity index is 855. The fraction of sp³-hybridized carbons (Fsp3) is 0.417. The zero-order chi connectivity index (χ0) is 22.8. The smallest absolute Gasteiger partial charge is 0.261 e. The Balaban J connectivity index is 2.20. The first-order chi connectivity index (χ1) is 14.8. The number of hydrogen-bond acceptors (Lipinski definition) is 4. The lowest BCUT2D eigenvalue weighted by atomic mass is 10.1. The lowest BCUT2D eigenvalue weighted by Gasteiger charge is -2.31. The molecule has 0 saturated carbocycles. The van der Waals surface area contributed by atoms with Crippen molar-refractivity contribution in [3.8, 4) is 11.5 Å². The Kier molecular flexibility index (Phi) is 9.85. The largest absolute Gasteiger partial charge is 0.497 e. The first-order valence-electron chi connectivity index (χ1n) is 10.4. The third-order valence-corrected chi connectivity index (χ3v) is 5.26. The van der Waals surface area contributed by atoms with E-state index in [0.717, 1.165) is 10.0 Å². The Morgan fingerprint density at radius 3 is 2.42 bits per heavy atom. The molecule has 1 unspecified atom stereocenters. The summed E-state index contributed by atoms with van der Waals surface area (Å²) in [5.41, 5.74) is 0.881. The van der Waals surface area contributed by atoms with Crippen LogP contribution >= 0.6 is 15.9 Å². The van der Waals surface area contributed by atoms with Crippen molar-refractivity contribution in [1.29, 1.82) is 0 Å². The van der Waals surface area contributed by atoms with Crippen molar-refractivity contribution in [2.24, 2.45) is 5.92 Å². The SMILES string of the molecule is CCC(C(=O)NCC(C)C)N(Cc1cccc(OC)c1)C(=O)COc1ccc(Br)cc1. The molecule has 168 valence electrons. The summed E-state index contributed by atoms with van der Waals surface area (Å²) < 4.78 is 11.9. The molecule has 31 heavy (non-hydrogen) atoms. The molecular weight excluding hydrogens is 460 g/mol. The number of hydrogen-bond donors (Lipinski definition) is 1. The number of amides is 2. The fourth-order valence-electron chi connectivity index (χ4n) is 3.07. The predicted molar refractivity (Wildman–Crippen MR) is 125 cm³/mol. The van der Waals surface area contributed by atoms with Gasteiger partial charge in [-0.15, -0.1) is 0 Å². The number of methoxy groups -OCH3 is 1. The van der Waals surface area contributed by atoms with Crippen molar-refractivity contribution < 1.29 is 19.1 Å². The third kappa shape index (κ3) is 7.90. The number of nitrogens with one attached hydrogen (secondary N) is 1. The summed E-state index contributed by atoms with van der Waals surface area (Å²) in [4.78, 5) is 27.6. The number of benzene rings is 2. The van der Waals surface area contributed by atoms with Crippen LogP contribution in [0.1, 0.15) is 32.8 Å². The second-order valence-corrected chi connectivity index (χ2v) is 8.59. The van der Waals surface area contributed by atoms with Crippen LogP contribution in [-0.2, 0) is 16.1 Å². The molecule has 0 spiro atoms. The molecule has 2 aromatic carbocycles. The van der Waals surface area contributed by atoms with E-state index in [-0.39, 0.29) is 25.0 Å².